The number of aromatic nitrogens is 1. The average molecular weight is 210 g/mol. The van der Waals surface area contributed by atoms with E-state index in [0.29, 0.717) is 6.04 Å². The minimum atomic E-state index is 0.447. The van der Waals surface area contributed by atoms with Crippen molar-refractivity contribution in [3.8, 4) is 0 Å². The van der Waals surface area contributed by atoms with Crippen LogP contribution in [-0.2, 0) is 0 Å². The molecule has 0 amide bonds. The van der Waals surface area contributed by atoms with Gasteiger partial charge in [-0.25, -0.2) is 5.84 Å². The summed E-state index contributed by atoms with van der Waals surface area (Å²) >= 11 is 1.55. The molecular formula is C9H14N4S. The lowest BCUT2D eigenvalue weighted by molar-refractivity contribution is 0.701. The lowest BCUT2D eigenvalue weighted by Gasteiger charge is -2.06. The van der Waals surface area contributed by atoms with E-state index < -0.39 is 0 Å². The van der Waals surface area contributed by atoms with Crippen LogP contribution in [-0.4, -0.2) is 16.9 Å². The maximum Gasteiger partial charge on any atom is 0.154 e. The smallest absolute Gasteiger partial charge is 0.154 e. The van der Waals surface area contributed by atoms with Crippen molar-refractivity contribution in [3.63, 3.8) is 0 Å². The molecule has 2 rings (SSSR count). The Labute approximate surface area is 87.2 Å². The molecule has 0 unspecified atom stereocenters. The molecule has 14 heavy (non-hydrogen) atoms. The van der Waals surface area contributed by atoms with Gasteiger partial charge in [-0.3, -0.25) is 9.98 Å². The van der Waals surface area contributed by atoms with Crippen LogP contribution in [0.25, 0.3) is 0 Å². The molecule has 4 nitrogen and oxygen atoms in total. The number of hydrogen-bond acceptors (Lipinski definition) is 4. The Hall–Kier alpha value is -0.940. The van der Waals surface area contributed by atoms with Crippen molar-refractivity contribution >= 4 is 17.2 Å². The maximum atomic E-state index is 5.44. The van der Waals surface area contributed by atoms with Crippen LogP contribution >= 0.6 is 11.3 Å². The third-order valence-electron chi connectivity index (χ3n) is 2.44. The third-order valence-corrected chi connectivity index (χ3v) is 3.22. The number of hydrogen-bond donors (Lipinski definition) is 2. The van der Waals surface area contributed by atoms with E-state index in [9.17, 15) is 0 Å². The van der Waals surface area contributed by atoms with Gasteiger partial charge in [0.1, 0.15) is 0 Å². The van der Waals surface area contributed by atoms with Gasteiger partial charge in [0.15, 0.2) is 5.84 Å². The van der Waals surface area contributed by atoms with Crippen molar-refractivity contribution in [2.24, 2.45) is 10.8 Å². The summed E-state index contributed by atoms with van der Waals surface area (Å²) in [5.41, 5.74) is 4.44. The molecule has 3 N–H and O–H groups in total. The van der Waals surface area contributed by atoms with Crippen LogP contribution in [0.15, 0.2) is 16.7 Å². The quantitative estimate of drug-likeness (QED) is 0.335. The van der Waals surface area contributed by atoms with Gasteiger partial charge >= 0.3 is 0 Å². The molecule has 0 atom stereocenters. The summed E-state index contributed by atoms with van der Waals surface area (Å²) in [4.78, 5) is 9.61. The molecule has 0 aliphatic heterocycles. The van der Waals surface area contributed by atoms with E-state index >= 15 is 0 Å². The lowest BCUT2D eigenvalue weighted by Crippen LogP contribution is -2.31. The number of rotatable bonds is 2. The molecule has 5 heteroatoms. The number of amidine groups is 1. The number of thiazole rings is 1. The minimum Gasteiger partial charge on any atom is -0.308 e. The largest absolute Gasteiger partial charge is 0.308 e. The Morgan fingerprint density at radius 2 is 2.36 bits per heavy atom. The normalized spacial score (nSPS) is 18.8. The van der Waals surface area contributed by atoms with Crippen molar-refractivity contribution in [3.05, 3.63) is 16.6 Å². The standard InChI is InChI=1S/C9H14N4S/c10-13-9(8-5-11-6-14-8)12-7-3-1-2-4-7/h5-7H,1-4,10H2,(H,12,13). The van der Waals surface area contributed by atoms with E-state index in [2.05, 4.69) is 15.4 Å². The Morgan fingerprint density at radius 1 is 1.57 bits per heavy atom. The third kappa shape index (κ3) is 2.10. The number of nitrogens with one attached hydrogen (secondary N) is 1. The second kappa shape index (κ2) is 4.52. The highest BCUT2D eigenvalue weighted by molar-refractivity contribution is 7.11. The molecule has 76 valence electrons. The highest BCUT2D eigenvalue weighted by atomic mass is 32.1. The first-order valence-corrected chi connectivity index (χ1v) is 5.71. The van der Waals surface area contributed by atoms with Gasteiger partial charge in [0, 0.05) is 6.20 Å². The Morgan fingerprint density at radius 3 is 2.93 bits per heavy atom. The van der Waals surface area contributed by atoms with Gasteiger partial charge < -0.3 is 5.43 Å². The van der Waals surface area contributed by atoms with E-state index in [0.717, 1.165) is 10.7 Å². The predicted octanol–water partition coefficient (Wildman–Crippen LogP) is 1.30. The van der Waals surface area contributed by atoms with Crippen LogP contribution in [0.3, 0.4) is 0 Å². The van der Waals surface area contributed by atoms with E-state index in [-0.39, 0.29) is 0 Å². The molecule has 0 aromatic carbocycles. The number of nitrogens with zero attached hydrogens (tertiary/aromatic N) is 2. The maximum absolute atomic E-state index is 5.44. The van der Waals surface area contributed by atoms with E-state index in [1.807, 2.05) is 0 Å². The van der Waals surface area contributed by atoms with Crippen LogP contribution in [0.5, 0.6) is 0 Å². The first-order chi connectivity index (χ1) is 6.90. The topological polar surface area (TPSA) is 63.3 Å². The summed E-state index contributed by atoms with van der Waals surface area (Å²) in [6.45, 7) is 0. The Kier molecular flexibility index (Phi) is 3.10. The zero-order valence-corrected chi connectivity index (χ0v) is 8.76. The summed E-state index contributed by atoms with van der Waals surface area (Å²) in [6.07, 6.45) is 6.73. The zero-order valence-electron chi connectivity index (χ0n) is 7.94. The van der Waals surface area contributed by atoms with Gasteiger partial charge in [0.25, 0.3) is 0 Å². The van der Waals surface area contributed by atoms with Gasteiger partial charge in [-0.05, 0) is 12.8 Å². The van der Waals surface area contributed by atoms with E-state index in [1.165, 1.54) is 25.7 Å². The van der Waals surface area contributed by atoms with Crippen molar-refractivity contribution in [1.82, 2.24) is 10.4 Å². The lowest BCUT2D eigenvalue weighted by atomic mass is 10.3. The van der Waals surface area contributed by atoms with Crippen LogP contribution < -0.4 is 11.3 Å². The second-order valence-electron chi connectivity index (χ2n) is 3.43. The fourth-order valence-corrected chi connectivity index (χ4v) is 2.30. The molecular weight excluding hydrogens is 196 g/mol. The SMILES string of the molecule is NNC(=NC1CCCC1)c1cncs1. The van der Waals surface area contributed by atoms with Gasteiger partial charge in [-0.2, -0.15) is 0 Å². The van der Waals surface area contributed by atoms with Crippen molar-refractivity contribution < 1.29 is 0 Å². The Balaban J connectivity index is 2.12. The predicted molar refractivity (Wildman–Crippen MR) is 58.2 cm³/mol. The van der Waals surface area contributed by atoms with Gasteiger partial charge in [0.2, 0.25) is 0 Å². The molecule has 1 aromatic heterocycles. The highest BCUT2D eigenvalue weighted by Crippen LogP contribution is 2.21. The number of hydrazine groups is 1. The molecule has 0 radical (unpaired) electrons. The summed E-state index contributed by atoms with van der Waals surface area (Å²) in [7, 11) is 0. The van der Waals surface area contributed by atoms with E-state index in [4.69, 9.17) is 5.84 Å². The van der Waals surface area contributed by atoms with Crippen molar-refractivity contribution in [2.75, 3.05) is 0 Å². The van der Waals surface area contributed by atoms with Crippen LogP contribution in [0.1, 0.15) is 30.6 Å². The first-order valence-electron chi connectivity index (χ1n) is 4.83. The zero-order chi connectivity index (χ0) is 9.80. The molecule has 1 aliphatic rings. The van der Waals surface area contributed by atoms with Crippen LogP contribution in [0.2, 0.25) is 0 Å². The van der Waals surface area contributed by atoms with Gasteiger partial charge in [-0.15, -0.1) is 11.3 Å². The van der Waals surface area contributed by atoms with Gasteiger partial charge in [-0.1, -0.05) is 12.8 Å². The summed E-state index contributed by atoms with van der Waals surface area (Å²) in [5, 5.41) is 0. The van der Waals surface area contributed by atoms with Crippen molar-refractivity contribution in [1.29, 1.82) is 0 Å². The van der Waals surface area contributed by atoms with E-state index in [1.54, 1.807) is 23.0 Å². The highest BCUT2D eigenvalue weighted by Gasteiger charge is 2.15. The molecule has 1 saturated carbocycles. The fraction of sp³-hybridized carbons (Fsp3) is 0.556. The fourth-order valence-electron chi connectivity index (χ4n) is 1.72. The Bertz CT molecular complexity index is 301. The number of aliphatic imine (C=N–C) groups is 1. The molecule has 1 aromatic rings. The minimum absolute atomic E-state index is 0.447. The summed E-state index contributed by atoms with van der Waals surface area (Å²) in [6, 6.07) is 0.447. The average Bonchev–Trinajstić information content (AvgIpc) is 2.86. The monoisotopic (exact) mass is 210 g/mol. The molecule has 0 spiro atoms. The van der Waals surface area contributed by atoms with Gasteiger partial charge in [0.05, 0.1) is 16.4 Å². The molecule has 0 bridgehead atoms. The molecule has 1 heterocycles. The molecule has 1 fully saturated rings. The summed E-state index contributed by atoms with van der Waals surface area (Å²) in [5.74, 6) is 6.22. The summed E-state index contributed by atoms with van der Waals surface area (Å²) < 4.78 is 0. The van der Waals surface area contributed by atoms with Crippen LogP contribution in [0, 0.1) is 0 Å². The van der Waals surface area contributed by atoms with Crippen molar-refractivity contribution in [2.45, 2.75) is 31.7 Å². The molecule has 0 saturated heterocycles. The second-order valence-corrected chi connectivity index (χ2v) is 4.31. The molecule has 1 aliphatic carbocycles. The number of nitrogens with two attached hydrogens (primary N) is 1. The van der Waals surface area contributed by atoms with Crippen LogP contribution in [0.4, 0.5) is 0 Å². The first kappa shape index (κ1) is 9.61.